The molecule has 0 aliphatic carbocycles. The number of ether oxygens (including phenoxy) is 2. The molecule has 0 atom stereocenters. The van der Waals surface area contributed by atoms with Crippen LogP contribution in [-0.4, -0.2) is 24.3 Å². The zero-order chi connectivity index (χ0) is 15.1. The molecule has 4 nitrogen and oxygen atoms in total. The Balaban J connectivity index is 3.07. The van der Waals surface area contributed by atoms with Gasteiger partial charge in [0.05, 0.1) is 17.7 Å². The normalized spacial score (nSPS) is 11.1. The van der Waals surface area contributed by atoms with E-state index in [0.29, 0.717) is 30.6 Å². The van der Waals surface area contributed by atoms with Crippen molar-refractivity contribution in [2.24, 2.45) is 5.92 Å². The molecule has 0 amide bonds. The van der Waals surface area contributed by atoms with E-state index in [2.05, 4.69) is 29.8 Å². The van der Waals surface area contributed by atoms with Crippen LogP contribution in [0.3, 0.4) is 0 Å². The molecule has 110 valence electrons. The van der Waals surface area contributed by atoms with E-state index >= 15 is 0 Å². The van der Waals surface area contributed by atoms with Crippen molar-refractivity contribution in [1.29, 1.82) is 0 Å². The van der Waals surface area contributed by atoms with Crippen LogP contribution in [0.15, 0.2) is 22.7 Å². The number of hydrogen-bond donors (Lipinski definition) is 1. The highest BCUT2D eigenvalue weighted by Gasteiger charge is 2.12. The molecule has 1 aromatic carbocycles. The number of benzene rings is 1. The van der Waals surface area contributed by atoms with E-state index in [9.17, 15) is 4.79 Å². The molecule has 0 aliphatic rings. The van der Waals surface area contributed by atoms with E-state index < -0.39 is 5.97 Å². The fourth-order valence-electron chi connectivity index (χ4n) is 1.50. The van der Waals surface area contributed by atoms with Crippen LogP contribution in [0, 0.1) is 5.92 Å². The van der Waals surface area contributed by atoms with Crippen molar-refractivity contribution in [3.63, 3.8) is 0 Å². The number of aliphatic carboxylic acids is 1. The first-order valence-corrected chi connectivity index (χ1v) is 7.23. The average molecular weight is 343 g/mol. The second-order valence-corrected chi connectivity index (χ2v) is 5.49. The molecule has 0 aromatic heterocycles. The summed E-state index contributed by atoms with van der Waals surface area (Å²) in [4.78, 5) is 10.6. The van der Waals surface area contributed by atoms with E-state index in [4.69, 9.17) is 14.6 Å². The molecule has 1 rings (SSSR count). The van der Waals surface area contributed by atoms with Crippen LogP contribution in [0.25, 0.3) is 6.08 Å². The fourth-order valence-corrected chi connectivity index (χ4v) is 2.08. The molecule has 0 unspecified atom stereocenters. The Kier molecular flexibility index (Phi) is 6.58. The van der Waals surface area contributed by atoms with Crippen LogP contribution >= 0.6 is 15.9 Å². The highest BCUT2D eigenvalue weighted by Crippen LogP contribution is 2.37. The van der Waals surface area contributed by atoms with Crippen molar-refractivity contribution in [2.75, 3.05) is 13.2 Å². The van der Waals surface area contributed by atoms with Gasteiger partial charge in [0.1, 0.15) is 0 Å². The third-order valence-corrected chi connectivity index (χ3v) is 2.90. The first-order chi connectivity index (χ1) is 9.43. The van der Waals surface area contributed by atoms with E-state index in [1.165, 1.54) is 6.08 Å². The summed E-state index contributed by atoms with van der Waals surface area (Å²) in [5.41, 5.74) is 0.736. The third-order valence-electron chi connectivity index (χ3n) is 2.31. The van der Waals surface area contributed by atoms with E-state index in [-0.39, 0.29) is 0 Å². The van der Waals surface area contributed by atoms with Crippen molar-refractivity contribution in [3.8, 4) is 11.5 Å². The Hall–Kier alpha value is -1.49. The lowest BCUT2D eigenvalue weighted by atomic mass is 10.2. The summed E-state index contributed by atoms with van der Waals surface area (Å²) < 4.78 is 12.1. The molecular formula is C15H19BrO4. The summed E-state index contributed by atoms with van der Waals surface area (Å²) >= 11 is 3.44. The van der Waals surface area contributed by atoms with Crippen LogP contribution in [0.5, 0.6) is 11.5 Å². The van der Waals surface area contributed by atoms with Crippen LogP contribution in [-0.2, 0) is 4.79 Å². The van der Waals surface area contributed by atoms with Gasteiger partial charge in [-0.1, -0.05) is 13.8 Å². The fraction of sp³-hybridized carbons (Fsp3) is 0.400. The summed E-state index contributed by atoms with van der Waals surface area (Å²) in [7, 11) is 0. The van der Waals surface area contributed by atoms with Gasteiger partial charge in [-0.3, -0.25) is 0 Å². The minimum atomic E-state index is -0.987. The summed E-state index contributed by atoms with van der Waals surface area (Å²) in [5, 5.41) is 8.66. The van der Waals surface area contributed by atoms with Gasteiger partial charge in [0, 0.05) is 6.08 Å². The Morgan fingerprint density at radius 3 is 2.65 bits per heavy atom. The topological polar surface area (TPSA) is 55.8 Å². The van der Waals surface area contributed by atoms with Gasteiger partial charge in [0.15, 0.2) is 11.5 Å². The molecule has 5 heteroatoms. The van der Waals surface area contributed by atoms with Crippen molar-refractivity contribution >= 4 is 28.0 Å². The average Bonchev–Trinajstić information content (AvgIpc) is 2.35. The zero-order valence-corrected chi connectivity index (χ0v) is 13.4. The van der Waals surface area contributed by atoms with Gasteiger partial charge in [-0.15, -0.1) is 0 Å². The molecule has 0 fully saturated rings. The predicted octanol–water partition coefficient (Wildman–Crippen LogP) is 3.98. The number of hydrogen-bond acceptors (Lipinski definition) is 3. The van der Waals surface area contributed by atoms with Crippen LogP contribution in [0.2, 0.25) is 0 Å². The number of halogens is 1. The van der Waals surface area contributed by atoms with Crippen molar-refractivity contribution in [1.82, 2.24) is 0 Å². The quantitative estimate of drug-likeness (QED) is 0.761. The highest BCUT2D eigenvalue weighted by atomic mass is 79.9. The molecular weight excluding hydrogens is 324 g/mol. The first-order valence-electron chi connectivity index (χ1n) is 6.44. The SMILES string of the molecule is CCOc1cc(/C=C/C(=O)O)cc(Br)c1OCC(C)C. The molecule has 0 aliphatic heterocycles. The zero-order valence-electron chi connectivity index (χ0n) is 11.9. The molecule has 1 aromatic rings. The first kappa shape index (κ1) is 16.6. The van der Waals surface area contributed by atoms with Gasteiger partial charge < -0.3 is 14.6 Å². The van der Waals surface area contributed by atoms with Gasteiger partial charge in [-0.25, -0.2) is 4.79 Å². The molecule has 0 saturated heterocycles. The number of rotatable bonds is 7. The lowest BCUT2D eigenvalue weighted by Gasteiger charge is -2.15. The third kappa shape index (κ3) is 5.25. The van der Waals surface area contributed by atoms with E-state index in [1.54, 1.807) is 12.1 Å². The van der Waals surface area contributed by atoms with Crippen LogP contribution in [0.1, 0.15) is 26.3 Å². The Morgan fingerprint density at radius 2 is 2.10 bits per heavy atom. The minimum absolute atomic E-state index is 0.406. The maximum Gasteiger partial charge on any atom is 0.328 e. The number of carboxylic acid groups (broad SMARTS) is 1. The summed E-state index contributed by atoms with van der Waals surface area (Å²) in [6, 6.07) is 3.57. The minimum Gasteiger partial charge on any atom is -0.490 e. The largest absolute Gasteiger partial charge is 0.490 e. The monoisotopic (exact) mass is 342 g/mol. The molecule has 0 radical (unpaired) electrons. The van der Waals surface area contributed by atoms with Crippen LogP contribution < -0.4 is 9.47 Å². The van der Waals surface area contributed by atoms with Crippen molar-refractivity contribution in [2.45, 2.75) is 20.8 Å². The summed E-state index contributed by atoms with van der Waals surface area (Å²) in [6.07, 6.45) is 2.61. The molecule has 0 heterocycles. The molecule has 1 N–H and O–H groups in total. The Bertz CT molecular complexity index is 495. The van der Waals surface area contributed by atoms with Crippen molar-refractivity contribution in [3.05, 3.63) is 28.2 Å². The van der Waals surface area contributed by atoms with Gasteiger partial charge in [0.2, 0.25) is 0 Å². The molecule has 0 saturated carbocycles. The number of carbonyl (C=O) groups is 1. The maximum atomic E-state index is 10.6. The number of carboxylic acids is 1. The van der Waals surface area contributed by atoms with Crippen molar-refractivity contribution < 1.29 is 19.4 Å². The molecule has 20 heavy (non-hydrogen) atoms. The molecule has 0 bridgehead atoms. The molecule has 0 spiro atoms. The lowest BCUT2D eigenvalue weighted by Crippen LogP contribution is -2.07. The van der Waals surface area contributed by atoms with Gasteiger partial charge in [-0.2, -0.15) is 0 Å². The maximum absolute atomic E-state index is 10.6. The second kappa shape index (κ2) is 7.94. The van der Waals surface area contributed by atoms with Gasteiger partial charge in [0.25, 0.3) is 0 Å². The Morgan fingerprint density at radius 1 is 1.40 bits per heavy atom. The van der Waals surface area contributed by atoms with Crippen LogP contribution in [0.4, 0.5) is 0 Å². The van der Waals surface area contributed by atoms with Gasteiger partial charge in [-0.05, 0) is 52.5 Å². The smallest absolute Gasteiger partial charge is 0.328 e. The Labute approximate surface area is 127 Å². The predicted molar refractivity (Wildman–Crippen MR) is 82.3 cm³/mol. The lowest BCUT2D eigenvalue weighted by molar-refractivity contribution is -0.131. The summed E-state index contributed by atoms with van der Waals surface area (Å²) in [5.74, 6) is 0.669. The van der Waals surface area contributed by atoms with Gasteiger partial charge >= 0.3 is 5.97 Å². The van der Waals surface area contributed by atoms with E-state index in [1.807, 2.05) is 6.92 Å². The second-order valence-electron chi connectivity index (χ2n) is 4.64. The van der Waals surface area contributed by atoms with E-state index in [0.717, 1.165) is 16.1 Å². The summed E-state index contributed by atoms with van der Waals surface area (Å²) in [6.45, 7) is 7.12. The highest BCUT2D eigenvalue weighted by molar-refractivity contribution is 9.10. The standard InChI is InChI=1S/C15H19BrO4/c1-4-19-13-8-11(5-6-14(17)18)7-12(16)15(13)20-9-10(2)3/h5-8,10H,4,9H2,1-3H3,(H,17,18)/b6-5+.